The monoisotopic (exact) mass is 450 g/mol. The molecule has 11 heteroatoms. The summed E-state index contributed by atoms with van der Waals surface area (Å²) in [7, 11) is 1.80. The second-order valence-corrected chi connectivity index (χ2v) is 7.81. The number of fused-ring (bicyclic) bond motifs is 1. The lowest BCUT2D eigenvalue weighted by Crippen LogP contribution is -2.39. The van der Waals surface area contributed by atoms with Gasteiger partial charge in [0.05, 0.1) is 11.9 Å². The zero-order chi connectivity index (χ0) is 23.1. The first-order chi connectivity index (χ1) is 15.9. The lowest BCUT2D eigenvalue weighted by atomic mass is 10.2. The Balaban J connectivity index is 1.40. The van der Waals surface area contributed by atoms with Gasteiger partial charge in [-0.3, -0.25) is 9.48 Å². The van der Waals surface area contributed by atoms with Crippen molar-refractivity contribution in [2.75, 3.05) is 11.9 Å². The molecule has 0 spiro atoms. The van der Waals surface area contributed by atoms with Crippen LogP contribution in [0.25, 0.3) is 11.4 Å². The van der Waals surface area contributed by atoms with Gasteiger partial charge in [-0.25, -0.2) is 23.7 Å². The fourth-order valence-electron chi connectivity index (χ4n) is 3.72. The molecule has 0 saturated heterocycles. The second-order valence-electron chi connectivity index (χ2n) is 7.81. The molecule has 0 bridgehead atoms. The standard InChI is InChI=1S/C22H20F2N8O/c1-13-10-25-22(28-18-5-6-26-30(18)2)29-19(13)17-12-31-7-8-32(21(33)20(31)27-17)11-14-3-4-15(23)16(24)9-14/h3-6,9-10,12H,7-8,11H2,1-2H3,(H,25,28,29). The van der Waals surface area contributed by atoms with E-state index in [2.05, 4.69) is 25.4 Å². The number of carbonyl (C=O) groups is 1. The molecule has 1 aliphatic heterocycles. The van der Waals surface area contributed by atoms with Crippen molar-refractivity contribution < 1.29 is 13.6 Å². The van der Waals surface area contributed by atoms with Crippen LogP contribution < -0.4 is 5.32 Å². The van der Waals surface area contributed by atoms with Crippen LogP contribution in [0, 0.1) is 18.6 Å². The van der Waals surface area contributed by atoms with E-state index in [1.807, 2.05) is 6.92 Å². The Hall–Kier alpha value is -4.15. The fraction of sp³-hybridized carbons (Fsp3) is 0.227. The number of hydrogen-bond donors (Lipinski definition) is 1. The summed E-state index contributed by atoms with van der Waals surface area (Å²) in [5.41, 5.74) is 2.49. The molecule has 4 aromatic rings. The average molecular weight is 450 g/mol. The summed E-state index contributed by atoms with van der Waals surface area (Å²) >= 11 is 0. The third-order valence-electron chi connectivity index (χ3n) is 5.50. The minimum atomic E-state index is -0.935. The minimum absolute atomic E-state index is 0.170. The Labute approximate surface area is 187 Å². The molecular weight excluding hydrogens is 430 g/mol. The van der Waals surface area contributed by atoms with Crippen LogP contribution in [0.5, 0.6) is 0 Å². The fourth-order valence-corrected chi connectivity index (χ4v) is 3.72. The SMILES string of the molecule is Cc1cnc(Nc2ccnn2C)nc1-c1cn2c(n1)C(=O)N(Cc1ccc(F)c(F)c1)CC2. The van der Waals surface area contributed by atoms with Crippen LogP contribution in [-0.2, 0) is 20.1 Å². The molecule has 0 atom stereocenters. The third kappa shape index (κ3) is 3.93. The molecule has 1 aliphatic rings. The Bertz CT molecular complexity index is 1360. The molecule has 1 amide bonds. The zero-order valence-electron chi connectivity index (χ0n) is 18.0. The van der Waals surface area contributed by atoms with Crippen LogP contribution in [0.4, 0.5) is 20.5 Å². The van der Waals surface area contributed by atoms with E-state index in [-0.39, 0.29) is 18.3 Å². The number of benzene rings is 1. The molecule has 1 aromatic carbocycles. The zero-order valence-corrected chi connectivity index (χ0v) is 18.0. The summed E-state index contributed by atoms with van der Waals surface area (Å²) in [6.07, 6.45) is 5.15. The van der Waals surface area contributed by atoms with E-state index >= 15 is 0 Å². The van der Waals surface area contributed by atoms with Crippen molar-refractivity contribution in [2.45, 2.75) is 20.0 Å². The normalized spacial score (nSPS) is 13.3. The maximum Gasteiger partial charge on any atom is 0.290 e. The van der Waals surface area contributed by atoms with E-state index in [0.29, 0.717) is 36.0 Å². The van der Waals surface area contributed by atoms with Crippen molar-refractivity contribution in [1.29, 1.82) is 0 Å². The van der Waals surface area contributed by atoms with Crippen LogP contribution in [-0.4, -0.2) is 46.7 Å². The molecule has 3 aromatic heterocycles. The van der Waals surface area contributed by atoms with Crippen LogP contribution in [0.15, 0.2) is 42.9 Å². The van der Waals surface area contributed by atoms with Gasteiger partial charge in [-0.2, -0.15) is 5.10 Å². The predicted octanol–water partition coefficient (Wildman–Crippen LogP) is 3.06. The highest BCUT2D eigenvalue weighted by molar-refractivity contribution is 5.92. The molecule has 9 nitrogen and oxygen atoms in total. The van der Waals surface area contributed by atoms with Crippen LogP contribution in [0.3, 0.4) is 0 Å². The highest BCUT2D eigenvalue weighted by atomic mass is 19.2. The number of imidazole rings is 1. The van der Waals surface area contributed by atoms with Crippen molar-refractivity contribution in [2.24, 2.45) is 7.05 Å². The first-order valence-corrected chi connectivity index (χ1v) is 10.3. The van der Waals surface area contributed by atoms with E-state index < -0.39 is 11.6 Å². The van der Waals surface area contributed by atoms with Gasteiger partial charge >= 0.3 is 0 Å². The first kappa shape index (κ1) is 20.7. The molecule has 1 N–H and O–H groups in total. The number of rotatable bonds is 5. The van der Waals surface area contributed by atoms with Crippen molar-refractivity contribution in [1.82, 2.24) is 34.2 Å². The van der Waals surface area contributed by atoms with Crippen molar-refractivity contribution in [3.05, 3.63) is 71.4 Å². The van der Waals surface area contributed by atoms with Crippen LogP contribution in [0.2, 0.25) is 0 Å². The number of halogens is 2. The summed E-state index contributed by atoms with van der Waals surface area (Å²) in [4.78, 5) is 28.1. The summed E-state index contributed by atoms with van der Waals surface area (Å²) in [6, 6.07) is 5.45. The molecule has 0 saturated carbocycles. The summed E-state index contributed by atoms with van der Waals surface area (Å²) in [6.45, 7) is 3.00. The number of amides is 1. The topological polar surface area (TPSA) is 93.8 Å². The van der Waals surface area contributed by atoms with Crippen LogP contribution >= 0.6 is 0 Å². The first-order valence-electron chi connectivity index (χ1n) is 10.3. The molecule has 0 radical (unpaired) electrons. The molecular formula is C22H20F2N8O. The number of nitrogens with one attached hydrogen (secondary N) is 1. The van der Waals surface area contributed by atoms with E-state index in [0.717, 1.165) is 23.5 Å². The number of anilines is 2. The van der Waals surface area contributed by atoms with E-state index in [1.165, 1.54) is 6.07 Å². The Morgan fingerprint density at radius 1 is 1.12 bits per heavy atom. The van der Waals surface area contributed by atoms with Gasteiger partial charge in [0.25, 0.3) is 5.91 Å². The molecule has 0 aliphatic carbocycles. The van der Waals surface area contributed by atoms with Crippen molar-refractivity contribution in [3.8, 4) is 11.4 Å². The molecule has 33 heavy (non-hydrogen) atoms. The van der Waals surface area contributed by atoms with Gasteiger partial charge in [-0.05, 0) is 30.2 Å². The summed E-state index contributed by atoms with van der Waals surface area (Å²) < 4.78 is 30.2. The minimum Gasteiger partial charge on any atom is -0.330 e. The number of aryl methyl sites for hydroxylation is 2. The van der Waals surface area contributed by atoms with Gasteiger partial charge in [-0.1, -0.05) is 6.07 Å². The van der Waals surface area contributed by atoms with Gasteiger partial charge in [0.2, 0.25) is 5.95 Å². The molecule has 4 heterocycles. The van der Waals surface area contributed by atoms with Gasteiger partial charge in [0.15, 0.2) is 17.5 Å². The largest absolute Gasteiger partial charge is 0.330 e. The van der Waals surface area contributed by atoms with Gasteiger partial charge < -0.3 is 14.8 Å². The molecule has 0 unspecified atom stereocenters. The van der Waals surface area contributed by atoms with E-state index in [1.54, 1.807) is 45.9 Å². The molecule has 5 rings (SSSR count). The van der Waals surface area contributed by atoms with Gasteiger partial charge in [0.1, 0.15) is 11.5 Å². The number of carbonyl (C=O) groups excluding carboxylic acids is 1. The van der Waals surface area contributed by atoms with Gasteiger partial charge in [-0.15, -0.1) is 0 Å². The average Bonchev–Trinajstić information content (AvgIpc) is 3.41. The number of aromatic nitrogens is 6. The third-order valence-corrected chi connectivity index (χ3v) is 5.50. The Kier molecular flexibility index (Phi) is 5.08. The lowest BCUT2D eigenvalue weighted by molar-refractivity contribution is 0.0683. The Morgan fingerprint density at radius 2 is 1.97 bits per heavy atom. The van der Waals surface area contributed by atoms with Crippen molar-refractivity contribution >= 4 is 17.7 Å². The smallest absolute Gasteiger partial charge is 0.290 e. The second kappa shape index (κ2) is 8.08. The van der Waals surface area contributed by atoms with Gasteiger partial charge in [0, 0.05) is 45.1 Å². The predicted molar refractivity (Wildman–Crippen MR) is 116 cm³/mol. The summed E-state index contributed by atoms with van der Waals surface area (Å²) in [5, 5.41) is 7.22. The quantitative estimate of drug-likeness (QED) is 0.502. The van der Waals surface area contributed by atoms with E-state index in [4.69, 9.17) is 0 Å². The number of nitrogens with zero attached hydrogens (tertiary/aromatic N) is 7. The Morgan fingerprint density at radius 3 is 2.73 bits per heavy atom. The maximum atomic E-state index is 13.6. The highest BCUT2D eigenvalue weighted by Gasteiger charge is 2.28. The maximum absolute atomic E-state index is 13.6. The highest BCUT2D eigenvalue weighted by Crippen LogP contribution is 2.25. The summed E-state index contributed by atoms with van der Waals surface area (Å²) in [5.74, 6) is -0.736. The lowest BCUT2D eigenvalue weighted by Gasteiger charge is -2.27. The van der Waals surface area contributed by atoms with Crippen molar-refractivity contribution in [3.63, 3.8) is 0 Å². The molecule has 0 fully saturated rings. The molecule has 168 valence electrons. The van der Waals surface area contributed by atoms with E-state index in [9.17, 15) is 13.6 Å². The number of hydrogen-bond acceptors (Lipinski definition) is 6. The van der Waals surface area contributed by atoms with Crippen LogP contribution in [0.1, 0.15) is 21.7 Å².